The monoisotopic (exact) mass is 299 g/mol. The standard InChI is InChI=1S/C13H14FNO6/c1-8(16)11-9(14)3-4-10(15(17)18)12(11)19-7-13(2)20-5-6-21-13/h3-4H,5-7H2,1-2H3. The highest BCUT2D eigenvalue weighted by Crippen LogP contribution is 2.34. The highest BCUT2D eigenvalue weighted by molar-refractivity contribution is 5.98. The van der Waals surface area contributed by atoms with Crippen molar-refractivity contribution in [3.63, 3.8) is 0 Å². The first-order valence-electron chi connectivity index (χ1n) is 6.22. The molecule has 1 aromatic carbocycles. The third-order valence-corrected chi connectivity index (χ3v) is 3.01. The number of ketones is 1. The zero-order valence-electron chi connectivity index (χ0n) is 11.6. The van der Waals surface area contributed by atoms with Crippen LogP contribution in [0.25, 0.3) is 0 Å². The van der Waals surface area contributed by atoms with Crippen LogP contribution in [0.15, 0.2) is 12.1 Å². The van der Waals surface area contributed by atoms with E-state index in [9.17, 15) is 19.3 Å². The van der Waals surface area contributed by atoms with Gasteiger partial charge in [0.15, 0.2) is 11.6 Å². The number of Topliss-reactive ketones (excluding diaryl/α,β-unsaturated/α-hetero) is 1. The van der Waals surface area contributed by atoms with Crippen LogP contribution >= 0.6 is 0 Å². The van der Waals surface area contributed by atoms with E-state index in [1.165, 1.54) is 0 Å². The van der Waals surface area contributed by atoms with Crippen LogP contribution in [0.5, 0.6) is 5.75 Å². The van der Waals surface area contributed by atoms with Gasteiger partial charge in [-0.15, -0.1) is 0 Å². The smallest absolute Gasteiger partial charge is 0.311 e. The molecule has 0 saturated carbocycles. The molecule has 0 amide bonds. The van der Waals surface area contributed by atoms with Crippen LogP contribution in [-0.2, 0) is 9.47 Å². The topological polar surface area (TPSA) is 87.9 Å². The summed E-state index contributed by atoms with van der Waals surface area (Å²) < 4.78 is 29.7. The van der Waals surface area contributed by atoms with Crippen molar-refractivity contribution < 1.29 is 28.3 Å². The summed E-state index contributed by atoms with van der Waals surface area (Å²) in [6.07, 6.45) is 0. The summed E-state index contributed by atoms with van der Waals surface area (Å²) >= 11 is 0. The average molecular weight is 299 g/mol. The highest BCUT2D eigenvalue weighted by Gasteiger charge is 2.34. The summed E-state index contributed by atoms with van der Waals surface area (Å²) in [7, 11) is 0. The van der Waals surface area contributed by atoms with Crippen LogP contribution in [0.4, 0.5) is 10.1 Å². The van der Waals surface area contributed by atoms with Crippen LogP contribution in [0.1, 0.15) is 24.2 Å². The zero-order chi connectivity index (χ0) is 15.6. The Morgan fingerprint density at radius 1 is 1.48 bits per heavy atom. The first-order valence-corrected chi connectivity index (χ1v) is 6.22. The van der Waals surface area contributed by atoms with Gasteiger partial charge in [0.25, 0.3) is 0 Å². The van der Waals surface area contributed by atoms with Crippen molar-refractivity contribution in [3.8, 4) is 5.75 Å². The summed E-state index contributed by atoms with van der Waals surface area (Å²) in [5.74, 6) is -3.02. The van der Waals surface area contributed by atoms with Crippen molar-refractivity contribution in [1.29, 1.82) is 0 Å². The van der Waals surface area contributed by atoms with Gasteiger partial charge in [0, 0.05) is 6.07 Å². The van der Waals surface area contributed by atoms with Crippen LogP contribution in [-0.4, -0.2) is 36.3 Å². The van der Waals surface area contributed by atoms with Gasteiger partial charge in [-0.25, -0.2) is 4.39 Å². The average Bonchev–Trinajstić information content (AvgIpc) is 2.83. The van der Waals surface area contributed by atoms with Gasteiger partial charge in [0.1, 0.15) is 18.0 Å². The van der Waals surface area contributed by atoms with Gasteiger partial charge >= 0.3 is 5.69 Å². The first kappa shape index (κ1) is 15.3. The van der Waals surface area contributed by atoms with Crippen molar-refractivity contribution in [2.24, 2.45) is 0 Å². The third-order valence-electron chi connectivity index (χ3n) is 3.01. The second kappa shape index (κ2) is 5.74. The second-order valence-electron chi connectivity index (χ2n) is 4.70. The van der Waals surface area contributed by atoms with Gasteiger partial charge < -0.3 is 14.2 Å². The molecule has 1 heterocycles. The lowest BCUT2D eigenvalue weighted by Crippen LogP contribution is -2.33. The van der Waals surface area contributed by atoms with Gasteiger partial charge in [-0.2, -0.15) is 0 Å². The van der Waals surface area contributed by atoms with E-state index in [0.717, 1.165) is 19.1 Å². The number of ether oxygens (including phenoxy) is 3. The van der Waals surface area contributed by atoms with E-state index in [1.54, 1.807) is 6.92 Å². The molecular weight excluding hydrogens is 285 g/mol. The highest BCUT2D eigenvalue weighted by atomic mass is 19.1. The van der Waals surface area contributed by atoms with E-state index in [0.29, 0.717) is 13.2 Å². The van der Waals surface area contributed by atoms with Crippen molar-refractivity contribution in [2.75, 3.05) is 19.8 Å². The molecule has 0 N–H and O–H groups in total. The fourth-order valence-electron chi connectivity index (χ4n) is 2.01. The number of hydrogen-bond acceptors (Lipinski definition) is 6. The minimum atomic E-state index is -1.08. The number of rotatable bonds is 5. The Bertz CT molecular complexity index is 582. The molecule has 0 aliphatic carbocycles. The lowest BCUT2D eigenvalue weighted by atomic mass is 10.1. The molecule has 7 nitrogen and oxygen atoms in total. The van der Waals surface area contributed by atoms with Crippen molar-refractivity contribution in [3.05, 3.63) is 33.6 Å². The number of carbonyl (C=O) groups excluding carboxylic acids is 1. The minimum Gasteiger partial charge on any atom is -0.481 e. The number of hydrogen-bond donors (Lipinski definition) is 0. The minimum absolute atomic E-state index is 0.197. The van der Waals surface area contributed by atoms with Gasteiger partial charge in [0.2, 0.25) is 5.75 Å². The van der Waals surface area contributed by atoms with Gasteiger partial charge in [-0.3, -0.25) is 14.9 Å². The summed E-state index contributed by atoms with van der Waals surface area (Å²) in [6, 6.07) is 1.82. The molecule has 1 aliphatic rings. The largest absolute Gasteiger partial charge is 0.481 e. The second-order valence-corrected chi connectivity index (χ2v) is 4.70. The lowest BCUT2D eigenvalue weighted by molar-refractivity contribution is -0.386. The number of nitro benzene ring substituents is 1. The lowest BCUT2D eigenvalue weighted by Gasteiger charge is -2.22. The molecule has 0 unspecified atom stereocenters. The quantitative estimate of drug-likeness (QED) is 0.470. The fraction of sp³-hybridized carbons (Fsp3) is 0.462. The van der Waals surface area contributed by atoms with Crippen molar-refractivity contribution >= 4 is 11.5 Å². The van der Waals surface area contributed by atoms with Crippen molar-refractivity contribution in [2.45, 2.75) is 19.6 Å². The Morgan fingerprint density at radius 3 is 2.62 bits per heavy atom. The Labute approximate surface area is 119 Å². The number of nitrogens with zero attached hydrogens (tertiary/aromatic N) is 1. The summed E-state index contributed by atoms with van der Waals surface area (Å²) in [5.41, 5.74) is -0.936. The Hall–Kier alpha value is -2.06. The van der Waals surface area contributed by atoms with Crippen LogP contribution < -0.4 is 4.74 Å². The van der Waals surface area contributed by atoms with E-state index in [-0.39, 0.29) is 6.61 Å². The van der Waals surface area contributed by atoms with Crippen LogP contribution in [0, 0.1) is 15.9 Å². The number of nitro groups is 1. The molecule has 0 radical (unpaired) electrons. The molecule has 1 fully saturated rings. The predicted octanol–water partition coefficient (Wildman–Crippen LogP) is 2.08. The number of halogens is 1. The van der Waals surface area contributed by atoms with Gasteiger partial charge in [-0.1, -0.05) is 0 Å². The Morgan fingerprint density at radius 2 is 2.10 bits per heavy atom. The Kier molecular flexibility index (Phi) is 4.19. The number of benzene rings is 1. The van der Waals surface area contributed by atoms with E-state index in [1.807, 2.05) is 0 Å². The predicted molar refractivity (Wildman–Crippen MR) is 68.9 cm³/mol. The molecule has 1 aliphatic heterocycles. The maximum absolute atomic E-state index is 13.8. The van der Waals surface area contributed by atoms with E-state index in [4.69, 9.17) is 14.2 Å². The van der Waals surface area contributed by atoms with Gasteiger partial charge in [-0.05, 0) is 19.9 Å². The molecule has 8 heteroatoms. The molecule has 1 saturated heterocycles. The van der Waals surface area contributed by atoms with Crippen molar-refractivity contribution in [1.82, 2.24) is 0 Å². The zero-order valence-corrected chi connectivity index (χ0v) is 11.6. The summed E-state index contributed by atoms with van der Waals surface area (Å²) in [6.45, 7) is 3.24. The molecule has 2 rings (SSSR count). The van der Waals surface area contributed by atoms with Crippen LogP contribution in [0.3, 0.4) is 0 Å². The number of carbonyl (C=O) groups is 1. The summed E-state index contributed by atoms with van der Waals surface area (Å²) in [4.78, 5) is 21.8. The normalized spacial score (nSPS) is 16.7. The molecular formula is C13H14FNO6. The molecule has 114 valence electrons. The molecule has 0 atom stereocenters. The first-order chi connectivity index (χ1) is 9.84. The van der Waals surface area contributed by atoms with E-state index < -0.39 is 39.3 Å². The third kappa shape index (κ3) is 3.17. The molecule has 21 heavy (non-hydrogen) atoms. The SMILES string of the molecule is CC(=O)c1c(F)ccc([N+](=O)[O-])c1OCC1(C)OCCO1. The molecule has 0 aromatic heterocycles. The molecule has 0 bridgehead atoms. The van der Waals surface area contributed by atoms with E-state index >= 15 is 0 Å². The van der Waals surface area contributed by atoms with Gasteiger partial charge in [0.05, 0.1) is 18.1 Å². The molecule has 1 aromatic rings. The van der Waals surface area contributed by atoms with Crippen LogP contribution in [0.2, 0.25) is 0 Å². The molecule has 0 spiro atoms. The fourth-order valence-corrected chi connectivity index (χ4v) is 2.01. The maximum atomic E-state index is 13.8. The summed E-state index contributed by atoms with van der Waals surface area (Å²) in [5, 5.41) is 11.0. The maximum Gasteiger partial charge on any atom is 0.311 e. The van der Waals surface area contributed by atoms with E-state index in [2.05, 4.69) is 0 Å². The Balaban J connectivity index is 2.37.